The fourth-order valence-electron chi connectivity index (χ4n) is 1.93. The molecule has 21 heavy (non-hydrogen) atoms. The largest absolute Gasteiger partial charge is 0.484 e. The summed E-state index contributed by atoms with van der Waals surface area (Å²) in [5.74, 6) is 0.465. The molecule has 2 aromatic carbocycles. The van der Waals surface area contributed by atoms with Gasteiger partial charge in [0.2, 0.25) is 0 Å². The Balaban J connectivity index is 1.86. The molecule has 0 saturated carbocycles. The third kappa shape index (κ3) is 4.61. The van der Waals surface area contributed by atoms with E-state index < -0.39 is 0 Å². The molecule has 0 unspecified atom stereocenters. The van der Waals surface area contributed by atoms with Crippen molar-refractivity contribution >= 4 is 11.6 Å². The van der Waals surface area contributed by atoms with Gasteiger partial charge in [-0.2, -0.15) is 0 Å². The first-order chi connectivity index (χ1) is 10.2. The minimum absolute atomic E-state index is 0.0243. The van der Waals surface area contributed by atoms with E-state index in [1.54, 1.807) is 0 Å². The van der Waals surface area contributed by atoms with Crippen molar-refractivity contribution in [2.45, 2.75) is 19.9 Å². The van der Waals surface area contributed by atoms with Crippen LogP contribution in [0.3, 0.4) is 0 Å². The Labute approximate surface area is 124 Å². The SMILES string of the molecule is CCc1ccc(NC(=O)COc2cccc(CN)c2)cc1. The molecule has 0 aromatic heterocycles. The van der Waals surface area contributed by atoms with Gasteiger partial charge in [-0.3, -0.25) is 4.79 Å². The van der Waals surface area contributed by atoms with E-state index in [1.807, 2.05) is 48.5 Å². The van der Waals surface area contributed by atoms with Crippen LogP contribution in [0.25, 0.3) is 0 Å². The van der Waals surface area contributed by atoms with Crippen LogP contribution in [0, 0.1) is 0 Å². The van der Waals surface area contributed by atoms with Gasteiger partial charge in [0.25, 0.3) is 5.91 Å². The first-order valence-electron chi connectivity index (χ1n) is 7.02. The third-order valence-corrected chi connectivity index (χ3v) is 3.15. The molecule has 2 aromatic rings. The van der Waals surface area contributed by atoms with Crippen molar-refractivity contribution in [2.24, 2.45) is 5.73 Å². The number of nitrogens with two attached hydrogens (primary N) is 1. The van der Waals surface area contributed by atoms with E-state index >= 15 is 0 Å². The lowest BCUT2D eigenvalue weighted by Gasteiger charge is -2.09. The molecule has 0 heterocycles. The molecule has 4 nitrogen and oxygen atoms in total. The predicted octanol–water partition coefficient (Wildman–Crippen LogP) is 2.73. The molecule has 1 amide bonds. The molecule has 0 saturated heterocycles. The molecule has 0 aliphatic carbocycles. The molecule has 0 aliphatic rings. The summed E-state index contributed by atoms with van der Waals surface area (Å²) in [7, 11) is 0. The predicted molar refractivity (Wildman–Crippen MR) is 84.3 cm³/mol. The first-order valence-corrected chi connectivity index (χ1v) is 7.02. The standard InChI is InChI=1S/C17H20N2O2/c1-2-13-6-8-15(9-7-13)19-17(20)12-21-16-5-3-4-14(10-16)11-18/h3-10H,2,11-12,18H2,1H3,(H,19,20). The number of anilines is 1. The van der Waals surface area contributed by atoms with Crippen LogP contribution in [0.5, 0.6) is 5.75 Å². The number of rotatable bonds is 6. The summed E-state index contributed by atoms with van der Waals surface area (Å²) >= 11 is 0. The number of carbonyl (C=O) groups excluding carboxylic acids is 1. The number of amides is 1. The highest BCUT2D eigenvalue weighted by Crippen LogP contribution is 2.13. The van der Waals surface area contributed by atoms with Crippen LogP contribution in [-0.4, -0.2) is 12.5 Å². The second kappa shape index (κ2) is 7.45. The highest BCUT2D eigenvalue weighted by Gasteiger charge is 2.04. The maximum absolute atomic E-state index is 11.8. The quantitative estimate of drug-likeness (QED) is 0.857. The van der Waals surface area contributed by atoms with Gasteiger partial charge in [-0.1, -0.05) is 31.2 Å². The van der Waals surface area contributed by atoms with Gasteiger partial charge in [-0.05, 0) is 41.8 Å². The maximum Gasteiger partial charge on any atom is 0.262 e. The Morgan fingerprint density at radius 3 is 2.57 bits per heavy atom. The summed E-state index contributed by atoms with van der Waals surface area (Å²) in [6, 6.07) is 15.2. The van der Waals surface area contributed by atoms with Crippen LogP contribution in [0.15, 0.2) is 48.5 Å². The van der Waals surface area contributed by atoms with Crippen molar-refractivity contribution < 1.29 is 9.53 Å². The van der Waals surface area contributed by atoms with E-state index in [1.165, 1.54) is 5.56 Å². The summed E-state index contributed by atoms with van der Waals surface area (Å²) < 4.78 is 5.46. The van der Waals surface area contributed by atoms with Crippen molar-refractivity contribution in [2.75, 3.05) is 11.9 Å². The van der Waals surface area contributed by atoms with E-state index in [9.17, 15) is 4.79 Å². The molecule has 4 heteroatoms. The lowest BCUT2D eigenvalue weighted by atomic mass is 10.1. The molecule has 0 spiro atoms. The smallest absolute Gasteiger partial charge is 0.262 e. The van der Waals surface area contributed by atoms with Crippen molar-refractivity contribution in [1.82, 2.24) is 0 Å². The molecular weight excluding hydrogens is 264 g/mol. The Kier molecular flexibility index (Phi) is 5.35. The van der Waals surface area contributed by atoms with Gasteiger partial charge in [-0.25, -0.2) is 0 Å². The molecule has 0 aliphatic heterocycles. The summed E-state index contributed by atoms with van der Waals surface area (Å²) in [6.07, 6.45) is 0.981. The fraction of sp³-hybridized carbons (Fsp3) is 0.235. The monoisotopic (exact) mass is 284 g/mol. The zero-order valence-corrected chi connectivity index (χ0v) is 12.1. The number of nitrogens with one attached hydrogen (secondary N) is 1. The molecule has 0 atom stereocenters. The number of hydrogen-bond donors (Lipinski definition) is 2. The van der Waals surface area contributed by atoms with Gasteiger partial charge in [0.1, 0.15) is 5.75 Å². The molecule has 0 bridgehead atoms. The number of aryl methyl sites for hydroxylation is 1. The Morgan fingerprint density at radius 2 is 1.90 bits per heavy atom. The van der Waals surface area contributed by atoms with E-state index in [0.29, 0.717) is 12.3 Å². The van der Waals surface area contributed by atoms with Crippen molar-refractivity contribution in [3.8, 4) is 5.75 Å². The highest BCUT2D eigenvalue weighted by molar-refractivity contribution is 5.91. The zero-order valence-electron chi connectivity index (χ0n) is 12.1. The molecular formula is C17H20N2O2. The summed E-state index contributed by atoms with van der Waals surface area (Å²) in [5, 5.41) is 2.80. The van der Waals surface area contributed by atoms with E-state index in [0.717, 1.165) is 17.7 Å². The Morgan fingerprint density at radius 1 is 1.14 bits per heavy atom. The molecule has 110 valence electrons. The van der Waals surface area contributed by atoms with Crippen LogP contribution in [-0.2, 0) is 17.8 Å². The van der Waals surface area contributed by atoms with Crippen LogP contribution in [0.2, 0.25) is 0 Å². The molecule has 3 N–H and O–H groups in total. The molecule has 0 radical (unpaired) electrons. The summed E-state index contributed by atoms with van der Waals surface area (Å²) in [6.45, 7) is 2.52. The Bertz CT molecular complexity index is 594. The van der Waals surface area contributed by atoms with Crippen LogP contribution in [0.4, 0.5) is 5.69 Å². The number of carbonyl (C=O) groups is 1. The van der Waals surface area contributed by atoms with Gasteiger partial charge in [0.05, 0.1) is 0 Å². The van der Waals surface area contributed by atoms with Gasteiger partial charge < -0.3 is 15.8 Å². The van der Waals surface area contributed by atoms with Crippen molar-refractivity contribution in [3.63, 3.8) is 0 Å². The minimum atomic E-state index is -0.183. The van der Waals surface area contributed by atoms with Crippen molar-refractivity contribution in [3.05, 3.63) is 59.7 Å². The molecule has 2 rings (SSSR count). The average Bonchev–Trinajstić information content (AvgIpc) is 2.54. The number of benzene rings is 2. The second-order valence-corrected chi connectivity index (χ2v) is 4.74. The van der Waals surface area contributed by atoms with Gasteiger partial charge in [0.15, 0.2) is 6.61 Å². The maximum atomic E-state index is 11.8. The van der Waals surface area contributed by atoms with Crippen LogP contribution >= 0.6 is 0 Å². The third-order valence-electron chi connectivity index (χ3n) is 3.15. The number of hydrogen-bond acceptors (Lipinski definition) is 3. The van der Waals surface area contributed by atoms with E-state index in [2.05, 4.69) is 12.2 Å². The minimum Gasteiger partial charge on any atom is -0.484 e. The first kappa shape index (κ1) is 15.1. The van der Waals surface area contributed by atoms with Gasteiger partial charge >= 0.3 is 0 Å². The summed E-state index contributed by atoms with van der Waals surface area (Å²) in [5.41, 5.74) is 8.55. The lowest BCUT2D eigenvalue weighted by molar-refractivity contribution is -0.118. The van der Waals surface area contributed by atoms with Crippen LogP contribution < -0.4 is 15.8 Å². The normalized spacial score (nSPS) is 10.2. The highest BCUT2D eigenvalue weighted by atomic mass is 16.5. The van der Waals surface area contributed by atoms with Gasteiger partial charge in [-0.15, -0.1) is 0 Å². The van der Waals surface area contributed by atoms with Gasteiger partial charge in [0, 0.05) is 12.2 Å². The molecule has 0 fully saturated rings. The summed E-state index contributed by atoms with van der Waals surface area (Å²) in [4.78, 5) is 11.8. The van der Waals surface area contributed by atoms with E-state index in [4.69, 9.17) is 10.5 Å². The second-order valence-electron chi connectivity index (χ2n) is 4.74. The van der Waals surface area contributed by atoms with Crippen molar-refractivity contribution in [1.29, 1.82) is 0 Å². The van der Waals surface area contributed by atoms with E-state index in [-0.39, 0.29) is 12.5 Å². The fourth-order valence-corrected chi connectivity index (χ4v) is 1.93. The Hall–Kier alpha value is -2.33. The number of ether oxygens (including phenoxy) is 1. The van der Waals surface area contributed by atoms with Crippen LogP contribution in [0.1, 0.15) is 18.1 Å². The zero-order chi connectivity index (χ0) is 15.1. The topological polar surface area (TPSA) is 64.3 Å². The average molecular weight is 284 g/mol. The lowest BCUT2D eigenvalue weighted by Crippen LogP contribution is -2.20.